The Bertz CT molecular complexity index is 487. The number of nitrogens with two attached hydrogens (primary N) is 1. The van der Waals surface area contributed by atoms with E-state index in [-0.39, 0.29) is 17.1 Å². The van der Waals surface area contributed by atoms with E-state index >= 15 is 0 Å². The van der Waals surface area contributed by atoms with Gasteiger partial charge in [-0.2, -0.15) is 0 Å². The van der Waals surface area contributed by atoms with Gasteiger partial charge in [0.15, 0.2) is 11.5 Å². The largest absolute Gasteiger partial charge is 0.586 e. The van der Waals surface area contributed by atoms with Crippen LogP contribution in [0.3, 0.4) is 0 Å². The summed E-state index contributed by atoms with van der Waals surface area (Å²) in [6.45, 7) is 1.19. The SMILES string of the molecule is C[C@@](N)(C(=O)O)c1cccc2c1OC(F)(F)O2. The van der Waals surface area contributed by atoms with Gasteiger partial charge in [-0.05, 0) is 13.0 Å². The van der Waals surface area contributed by atoms with Crippen LogP contribution in [0.2, 0.25) is 0 Å². The summed E-state index contributed by atoms with van der Waals surface area (Å²) in [5, 5.41) is 8.95. The number of hydrogen-bond donors (Lipinski definition) is 2. The molecule has 1 aliphatic rings. The molecule has 0 saturated heterocycles. The Kier molecular flexibility index (Phi) is 2.25. The lowest BCUT2D eigenvalue weighted by atomic mass is 9.92. The van der Waals surface area contributed by atoms with Gasteiger partial charge >= 0.3 is 12.3 Å². The zero-order valence-electron chi connectivity index (χ0n) is 8.74. The lowest BCUT2D eigenvalue weighted by molar-refractivity contribution is -0.287. The number of para-hydroxylation sites is 1. The van der Waals surface area contributed by atoms with Crippen molar-refractivity contribution in [3.05, 3.63) is 23.8 Å². The minimum Gasteiger partial charge on any atom is -0.480 e. The fraction of sp³-hybridized carbons (Fsp3) is 0.300. The number of carboxylic acid groups (broad SMARTS) is 1. The van der Waals surface area contributed by atoms with Crippen molar-refractivity contribution in [2.75, 3.05) is 0 Å². The first-order valence-corrected chi connectivity index (χ1v) is 4.65. The summed E-state index contributed by atoms with van der Waals surface area (Å²) >= 11 is 0. The summed E-state index contributed by atoms with van der Waals surface area (Å²) in [5.74, 6) is -1.93. The van der Waals surface area contributed by atoms with Crippen LogP contribution in [0, 0.1) is 0 Å². The lowest BCUT2D eigenvalue weighted by Crippen LogP contribution is -2.42. The van der Waals surface area contributed by atoms with Crippen molar-refractivity contribution in [2.24, 2.45) is 5.73 Å². The molecule has 0 spiro atoms. The predicted molar refractivity (Wildman–Crippen MR) is 51.8 cm³/mol. The fourth-order valence-corrected chi connectivity index (χ4v) is 1.49. The highest BCUT2D eigenvalue weighted by Crippen LogP contribution is 2.45. The monoisotopic (exact) mass is 245 g/mol. The quantitative estimate of drug-likeness (QED) is 0.819. The summed E-state index contributed by atoms with van der Waals surface area (Å²) in [7, 11) is 0. The Morgan fingerprint density at radius 1 is 1.47 bits per heavy atom. The molecule has 0 radical (unpaired) electrons. The second-order valence-corrected chi connectivity index (χ2v) is 3.81. The van der Waals surface area contributed by atoms with Crippen LogP contribution in [-0.2, 0) is 10.3 Å². The first-order chi connectivity index (χ1) is 7.74. The Morgan fingerprint density at radius 3 is 2.71 bits per heavy atom. The lowest BCUT2D eigenvalue weighted by Gasteiger charge is -2.20. The zero-order chi connectivity index (χ0) is 12.8. The molecule has 1 aliphatic heterocycles. The standard InChI is InChI=1S/C10H9F2NO4/c1-9(13,8(14)15)5-3-2-4-6-7(5)17-10(11,12)16-6/h2-4H,13H2,1H3,(H,14,15)/t9-/m0/s1. The van der Waals surface area contributed by atoms with Crippen LogP contribution in [0.25, 0.3) is 0 Å². The number of halogens is 2. The Hall–Kier alpha value is -1.89. The van der Waals surface area contributed by atoms with Gasteiger partial charge in [-0.1, -0.05) is 12.1 Å². The third kappa shape index (κ3) is 1.78. The smallest absolute Gasteiger partial charge is 0.480 e. The van der Waals surface area contributed by atoms with E-state index in [9.17, 15) is 13.6 Å². The van der Waals surface area contributed by atoms with Crippen molar-refractivity contribution in [3.8, 4) is 11.5 Å². The van der Waals surface area contributed by atoms with E-state index in [0.29, 0.717) is 0 Å². The molecule has 5 nitrogen and oxygen atoms in total. The van der Waals surface area contributed by atoms with E-state index in [4.69, 9.17) is 10.8 Å². The molecule has 1 atom stereocenters. The van der Waals surface area contributed by atoms with Crippen molar-refractivity contribution >= 4 is 5.97 Å². The molecule has 1 aromatic carbocycles. The number of carbonyl (C=O) groups is 1. The Balaban J connectivity index is 2.54. The van der Waals surface area contributed by atoms with E-state index < -0.39 is 17.8 Å². The molecule has 92 valence electrons. The molecule has 0 saturated carbocycles. The number of benzene rings is 1. The van der Waals surface area contributed by atoms with Crippen LogP contribution in [0.5, 0.6) is 11.5 Å². The van der Waals surface area contributed by atoms with E-state index in [1.165, 1.54) is 25.1 Å². The van der Waals surface area contributed by atoms with Crippen molar-refractivity contribution in [1.29, 1.82) is 0 Å². The number of ether oxygens (including phenoxy) is 2. The molecule has 7 heteroatoms. The molecule has 1 heterocycles. The van der Waals surface area contributed by atoms with Crippen LogP contribution in [-0.4, -0.2) is 17.4 Å². The molecule has 0 bridgehead atoms. The van der Waals surface area contributed by atoms with Gasteiger partial charge in [0, 0.05) is 5.56 Å². The van der Waals surface area contributed by atoms with Gasteiger partial charge in [0.1, 0.15) is 5.54 Å². The first kappa shape index (κ1) is 11.6. The molecular formula is C10H9F2NO4. The molecule has 3 N–H and O–H groups in total. The summed E-state index contributed by atoms with van der Waals surface area (Å²) in [4.78, 5) is 11.0. The average molecular weight is 245 g/mol. The number of aliphatic carboxylic acids is 1. The minimum absolute atomic E-state index is 0.0697. The number of carboxylic acids is 1. The Labute approximate surface area is 94.7 Å². The van der Waals surface area contributed by atoms with Gasteiger partial charge in [-0.25, -0.2) is 4.79 Å². The summed E-state index contributed by atoms with van der Waals surface area (Å²) in [5.41, 5.74) is 3.65. The normalized spacial score (nSPS) is 19.8. The highest BCUT2D eigenvalue weighted by Gasteiger charge is 2.47. The Morgan fingerprint density at radius 2 is 2.12 bits per heavy atom. The number of fused-ring (bicyclic) bond motifs is 1. The highest BCUT2D eigenvalue weighted by atomic mass is 19.3. The second kappa shape index (κ2) is 3.30. The first-order valence-electron chi connectivity index (χ1n) is 4.65. The maximum Gasteiger partial charge on any atom is 0.586 e. The van der Waals surface area contributed by atoms with Crippen molar-refractivity contribution in [3.63, 3.8) is 0 Å². The van der Waals surface area contributed by atoms with Gasteiger partial charge in [0.25, 0.3) is 0 Å². The van der Waals surface area contributed by atoms with Gasteiger partial charge in [-0.3, -0.25) is 0 Å². The maximum atomic E-state index is 12.9. The maximum absolute atomic E-state index is 12.9. The number of alkyl halides is 2. The third-order valence-corrected chi connectivity index (χ3v) is 2.43. The summed E-state index contributed by atoms with van der Waals surface area (Å²) in [6.07, 6.45) is -3.80. The van der Waals surface area contributed by atoms with E-state index in [2.05, 4.69) is 9.47 Å². The van der Waals surface area contributed by atoms with E-state index in [1.807, 2.05) is 0 Å². The fourth-order valence-electron chi connectivity index (χ4n) is 1.49. The molecule has 0 aromatic heterocycles. The summed E-state index contributed by atoms with van der Waals surface area (Å²) in [6, 6.07) is 3.92. The molecule has 1 aromatic rings. The molecule has 0 aliphatic carbocycles. The highest BCUT2D eigenvalue weighted by molar-refractivity contribution is 5.81. The number of rotatable bonds is 2. The van der Waals surface area contributed by atoms with Gasteiger partial charge in [0.2, 0.25) is 0 Å². The second-order valence-electron chi connectivity index (χ2n) is 3.81. The van der Waals surface area contributed by atoms with Gasteiger partial charge in [0.05, 0.1) is 0 Å². The van der Waals surface area contributed by atoms with Crippen LogP contribution in [0.15, 0.2) is 18.2 Å². The van der Waals surface area contributed by atoms with Crippen LogP contribution >= 0.6 is 0 Å². The average Bonchev–Trinajstić information content (AvgIpc) is 2.50. The van der Waals surface area contributed by atoms with Crippen LogP contribution in [0.1, 0.15) is 12.5 Å². The summed E-state index contributed by atoms with van der Waals surface area (Å²) < 4.78 is 34.2. The molecule has 0 fully saturated rings. The number of hydrogen-bond acceptors (Lipinski definition) is 4. The van der Waals surface area contributed by atoms with Gasteiger partial charge in [-0.15, -0.1) is 8.78 Å². The van der Waals surface area contributed by atoms with E-state index in [1.54, 1.807) is 0 Å². The third-order valence-electron chi connectivity index (χ3n) is 2.43. The minimum atomic E-state index is -3.80. The van der Waals surface area contributed by atoms with Crippen LogP contribution < -0.4 is 15.2 Å². The predicted octanol–water partition coefficient (Wildman–Crippen LogP) is 1.27. The zero-order valence-corrected chi connectivity index (χ0v) is 8.74. The molecular weight excluding hydrogens is 236 g/mol. The molecule has 2 rings (SSSR count). The van der Waals surface area contributed by atoms with Crippen molar-refractivity contribution in [1.82, 2.24) is 0 Å². The van der Waals surface area contributed by atoms with E-state index in [0.717, 1.165) is 0 Å². The molecule has 0 unspecified atom stereocenters. The van der Waals surface area contributed by atoms with Gasteiger partial charge < -0.3 is 20.3 Å². The topological polar surface area (TPSA) is 81.8 Å². The van der Waals surface area contributed by atoms with Crippen molar-refractivity contribution < 1.29 is 28.2 Å². The molecule has 17 heavy (non-hydrogen) atoms. The van der Waals surface area contributed by atoms with Crippen molar-refractivity contribution in [2.45, 2.75) is 18.8 Å². The molecule has 0 amide bonds. The van der Waals surface area contributed by atoms with Crippen LogP contribution in [0.4, 0.5) is 8.78 Å².